The van der Waals surface area contributed by atoms with Crippen LogP contribution in [0.15, 0.2) is 24.3 Å². The third-order valence-corrected chi connectivity index (χ3v) is 2.91. The molecule has 1 N–H and O–H groups in total. The Morgan fingerprint density at radius 1 is 1.44 bits per heavy atom. The van der Waals surface area contributed by atoms with E-state index < -0.39 is 6.10 Å². The Kier molecular flexibility index (Phi) is 4.07. The summed E-state index contributed by atoms with van der Waals surface area (Å²) in [5, 5.41) is 2.96. The first kappa shape index (κ1) is 12.7. The van der Waals surface area contributed by atoms with Gasteiger partial charge in [0.25, 0.3) is 5.91 Å². The highest BCUT2D eigenvalue weighted by molar-refractivity contribution is 5.81. The number of amides is 1. The lowest BCUT2D eigenvalue weighted by molar-refractivity contribution is -0.128. The largest absolute Gasteiger partial charge is 0.497 e. The third kappa shape index (κ3) is 3.39. The van der Waals surface area contributed by atoms with Crippen molar-refractivity contribution >= 4 is 5.91 Å². The van der Waals surface area contributed by atoms with Crippen molar-refractivity contribution in [3.8, 4) is 11.5 Å². The highest BCUT2D eigenvalue weighted by Gasteiger charge is 2.27. The van der Waals surface area contributed by atoms with E-state index in [4.69, 9.17) is 9.47 Å². The fourth-order valence-electron chi connectivity index (χ4n) is 1.68. The highest BCUT2D eigenvalue weighted by atomic mass is 16.5. The molecule has 2 rings (SSSR count). The van der Waals surface area contributed by atoms with Crippen LogP contribution in [0.4, 0.5) is 0 Å². The molecule has 0 bridgehead atoms. The van der Waals surface area contributed by atoms with Crippen LogP contribution in [0.5, 0.6) is 11.5 Å². The molecular weight excluding hydrogens is 230 g/mol. The van der Waals surface area contributed by atoms with Crippen LogP contribution in [0, 0.1) is 0 Å². The monoisotopic (exact) mass is 249 g/mol. The first-order chi connectivity index (χ1) is 8.72. The van der Waals surface area contributed by atoms with Crippen LogP contribution in [0.1, 0.15) is 26.2 Å². The van der Waals surface area contributed by atoms with Crippen LogP contribution in [0.25, 0.3) is 0 Å². The number of hydrogen-bond acceptors (Lipinski definition) is 3. The maximum absolute atomic E-state index is 11.9. The Morgan fingerprint density at radius 2 is 2.17 bits per heavy atom. The van der Waals surface area contributed by atoms with Gasteiger partial charge in [-0.2, -0.15) is 0 Å². The van der Waals surface area contributed by atoms with Gasteiger partial charge in [-0.05, 0) is 31.4 Å². The summed E-state index contributed by atoms with van der Waals surface area (Å²) in [5.74, 6) is 1.36. The molecule has 1 aliphatic carbocycles. The Morgan fingerprint density at radius 3 is 2.78 bits per heavy atom. The van der Waals surface area contributed by atoms with Crippen LogP contribution in [-0.2, 0) is 4.79 Å². The molecule has 1 amide bonds. The lowest BCUT2D eigenvalue weighted by Gasteiger charge is -2.17. The summed E-state index contributed by atoms with van der Waals surface area (Å²) in [5.41, 5.74) is 0. The van der Waals surface area contributed by atoms with Gasteiger partial charge < -0.3 is 14.8 Å². The molecule has 18 heavy (non-hydrogen) atoms. The number of rotatable bonds is 6. The van der Waals surface area contributed by atoms with Gasteiger partial charge in [-0.3, -0.25) is 4.79 Å². The Hall–Kier alpha value is -1.71. The molecule has 0 aromatic heterocycles. The molecule has 4 heteroatoms. The minimum Gasteiger partial charge on any atom is -0.497 e. The molecular formula is C14H19NO3. The topological polar surface area (TPSA) is 47.6 Å². The standard InChI is InChI=1S/C14H19NO3/c1-3-13(14(16)15-10-7-8-10)18-12-6-4-5-11(9-12)17-2/h4-6,9-10,13H,3,7-8H2,1-2H3,(H,15,16)/t13-/m1/s1. The summed E-state index contributed by atoms with van der Waals surface area (Å²) in [7, 11) is 1.61. The van der Waals surface area contributed by atoms with Crippen LogP contribution in [0.3, 0.4) is 0 Å². The maximum atomic E-state index is 11.9. The maximum Gasteiger partial charge on any atom is 0.261 e. The second-order valence-electron chi connectivity index (χ2n) is 4.48. The van der Waals surface area contributed by atoms with Gasteiger partial charge in [0.15, 0.2) is 6.10 Å². The predicted molar refractivity (Wildman–Crippen MR) is 68.9 cm³/mol. The van der Waals surface area contributed by atoms with Crippen LogP contribution < -0.4 is 14.8 Å². The van der Waals surface area contributed by atoms with Crippen LogP contribution >= 0.6 is 0 Å². The Bertz CT molecular complexity index is 415. The van der Waals surface area contributed by atoms with Crippen molar-refractivity contribution in [3.63, 3.8) is 0 Å². The van der Waals surface area contributed by atoms with Gasteiger partial charge in [-0.1, -0.05) is 13.0 Å². The summed E-state index contributed by atoms with van der Waals surface area (Å²) in [6, 6.07) is 7.67. The third-order valence-electron chi connectivity index (χ3n) is 2.91. The molecule has 0 saturated heterocycles. The fraction of sp³-hybridized carbons (Fsp3) is 0.500. The minimum atomic E-state index is -0.433. The summed E-state index contributed by atoms with van der Waals surface area (Å²) >= 11 is 0. The highest BCUT2D eigenvalue weighted by Crippen LogP contribution is 2.22. The molecule has 1 aromatic rings. The first-order valence-electron chi connectivity index (χ1n) is 6.34. The molecule has 1 atom stereocenters. The second kappa shape index (κ2) is 5.76. The van der Waals surface area contributed by atoms with Crippen molar-refractivity contribution in [1.82, 2.24) is 5.32 Å². The van der Waals surface area contributed by atoms with Crippen molar-refractivity contribution in [2.45, 2.75) is 38.3 Å². The van der Waals surface area contributed by atoms with E-state index in [1.807, 2.05) is 25.1 Å². The Balaban J connectivity index is 1.97. The second-order valence-corrected chi connectivity index (χ2v) is 4.48. The quantitative estimate of drug-likeness (QED) is 0.840. The number of ether oxygens (including phenoxy) is 2. The van der Waals surface area contributed by atoms with Crippen molar-refractivity contribution < 1.29 is 14.3 Å². The van der Waals surface area contributed by atoms with E-state index in [9.17, 15) is 4.79 Å². The molecule has 1 fully saturated rings. The molecule has 0 heterocycles. The molecule has 0 unspecified atom stereocenters. The molecule has 0 aliphatic heterocycles. The number of hydrogen-bond donors (Lipinski definition) is 1. The summed E-state index contributed by atoms with van der Waals surface area (Å²) in [6.45, 7) is 1.94. The average molecular weight is 249 g/mol. The minimum absolute atomic E-state index is 0.0252. The van der Waals surface area contributed by atoms with E-state index in [2.05, 4.69) is 5.32 Å². The lowest BCUT2D eigenvalue weighted by atomic mass is 10.2. The number of carbonyl (C=O) groups excluding carboxylic acids is 1. The van der Waals surface area contributed by atoms with Crippen molar-refractivity contribution in [2.75, 3.05) is 7.11 Å². The van der Waals surface area contributed by atoms with Crippen molar-refractivity contribution in [1.29, 1.82) is 0 Å². The molecule has 0 radical (unpaired) electrons. The zero-order valence-electron chi connectivity index (χ0n) is 10.8. The normalized spacial score (nSPS) is 15.9. The molecule has 1 saturated carbocycles. The van der Waals surface area contributed by atoms with Gasteiger partial charge in [0.05, 0.1) is 7.11 Å². The number of nitrogens with one attached hydrogen (secondary N) is 1. The van der Waals surface area contributed by atoms with E-state index in [1.54, 1.807) is 13.2 Å². The summed E-state index contributed by atoms with van der Waals surface area (Å²) < 4.78 is 10.8. The van der Waals surface area contributed by atoms with E-state index in [0.717, 1.165) is 18.6 Å². The van der Waals surface area contributed by atoms with Gasteiger partial charge in [0.2, 0.25) is 0 Å². The van der Waals surface area contributed by atoms with Gasteiger partial charge in [-0.25, -0.2) is 0 Å². The first-order valence-corrected chi connectivity index (χ1v) is 6.34. The van der Waals surface area contributed by atoms with Gasteiger partial charge in [0.1, 0.15) is 11.5 Å². The fourth-order valence-corrected chi connectivity index (χ4v) is 1.68. The summed E-state index contributed by atoms with van der Waals surface area (Å²) in [6.07, 6.45) is 2.39. The van der Waals surface area contributed by atoms with E-state index in [-0.39, 0.29) is 5.91 Å². The van der Waals surface area contributed by atoms with E-state index in [0.29, 0.717) is 18.2 Å². The van der Waals surface area contributed by atoms with Gasteiger partial charge in [-0.15, -0.1) is 0 Å². The van der Waals surface area contributed by atoms with Crippen molar-refractivity contribution in [2.24, 2.45) is 0 Å². The number of benzene rings is 1. The van der Waals surface area contributed by atoms with Crippen LogP contribution in [-0.4, -0.2) is 25.2 Å². The van der Waals surface area contributed by atoms with E-state index in [1.165, 1.54) is 0 Å². The SMILES string of the molecule is CC[C@@H](Oc1cccc(OC)c1)C(=O)NC1CC1. The smallest absolute Gasteiger partial charge is 0.261 e. The number of carbonyl (C=O) groups is 1. The molecule has 1 aliphatic rings. The zero-order chi connectivity index (χ0) is 13.0. The van der Waals surface area contributed by atoms with E-state index >= 15 is 0 Å². The molecule has 0 spiro atoms. The lowest BCUT2D eigenvalue weighted by Crippen LogP contribution is -2.39. The van der Waals surface area contributed by atoms with Gasteiger partial charge >= 0.3 is 0 Å². The number of methoxy groups -OCH3 is 1. The average Bonchev–Trinajstić information content (AvgIpc) is 3.20. The van der Waals surface area contributed by atoms with Crippen molar-refractivity contribution in [3.05, 3.63) is 24.3 Å². The van der Waals surface area contributed by atoms with Crippen LogP contribution in [0.2, 0.25) is 0 Å². The van der Waals surface area contributed by atoms with Gasteiger partial charge in [0, 0.05) is 12.1 Å². The molecule has 4 nitrogen and oxygen atoms in total. The molecule has 1 aromatic carbocycles. The molecule has 98 valence electrons. The Labute approximate surface area is 107 Å². The zero-order valence-corrected chi connectivity index (χ0v) is 10.8. The summed E-state index contributed by atoms with van der Waals surface area (Å²) in [4.78, 5) is 11.9. The predicted octanol–water partition coefficient (Wildman–Crippen LogP) is 2.13.